The summed E-state index contributed by atoms with van der Waals surface area (Å²) in [5.74, 6) is 0. The van der Waals surface area contributed by atoms with E-state index in [1.165, 1.54) is 9.87 Å². The molecule has 4 nitrogen and oxygen atoms in total. The SMILES string of the molecule is CCN(Cc1ccccc1)C1=CC=CC(C)(S(=O)(=O)N(C)C)C1. The summed E-state index contributed by atoms with van der Waals surface area (Å²) in [4.78, 5) is 2.24. The van der Waals surface area contributed by atoms with E-state index in [0.717, 1.165) is 18.8 Å². The smallest absolute Gasteiger partial charge is 0.223 e. The molecule has 1 aromatic rings. The molecule has 0 heterocycles. The zero-order chi connectivity index (χ0) is 17.1. The Morgan fingerprint density at radius 3 is 2.39 bits per heavy atom. The van der Waals surface area contributed by atoms with E-state index in [2.05, 4.69) is 24.0 Å². The van der Waals surface area contributed by atoms with Crippen LogP contribution < -0.4 is 0 Å². The summed E-state index contributed by atoms with van der Waals surface area (Å²) in [5.41, 5.74) is 2.29. The van der Waals surface area contributed by atoms with E-state index >= 15 is 0 Å². The Bertz CT molecular complexity index is 693. The van der Waals surface area contributed by atoms with Crippen LogP contribution in [0, 0.1) is 0 Å². The summed E-state index contributed by atoms with van der Waals surface area (Å²) in [6.45, 7) is 5.52. The predicted octanol–water partition coefficient (Wildman–Crippen LogP) is 3.00. The fraction of sp³-hybridized carbons (Fsp3) is 0.444. The Morgan fingerprint density at radius 1 is 1.17 bits per heavy atom. The number of nitrogens with zero attached hydrogens (tertiary/aromatic N) is 2. The van der Waals surface area contributed by atoms with Crippen LogP contribution in [0.5, 0.6) is 0 Å². The van der Waals surface area contributed by atoms with Crippen LogP contribution in [-0.4, -0.2) is 43.0 Å². The summed E-state index contributed by atoms with van der Waals surface area (Å²) in [5, 5.41) is 0. The summed E-state index contributed by atoms with van der Waals surface area (Å²) >= 11 is 0. The first-order valence-electron chi connectivity index (χ1n) is 7.89. The van der Waals surface area contributed by atoms with Crippen molar-refractivity contribution in [2.75, 3.05) is 20.6 Å². The van der Waals surface area contributed by atoms with Gasteiger partial charge in [0.05, 0.1) is 0 Å². The average Bonchev–Trinajstić information content (AvgIpc) is 2.53. The van der Waals surface area contributed by atoms with Crippen molar-refractivity contribution in [1.29, 1.82) is 0 Å². The van der Waals surface area contributed by atoms with E-state index < -0.39 is 14.8 Å². The van der Waals surface area contributed by atoms with E-state index in [0.29, 0.717) is 6.42 Å². The number of allylic oxidation sites excluding steroid dienone is 3. The summed E-state index contributed by atoms with van der Waals surface area (Å²) in [6, 6.07) is 10.2. The monoisotopic (exact) mass is 334 g/mol. The number of benzene rings is 1. The zero-order valence-corrected chi connectivity index (χ0v) is 15.2. The van der Waals surface area contributed by atoms with Crippen LogP contribution in [-0.2, 0) is 16.6 Å². The first kappa shape index (κ1) is 17.8. The van der Waals surface area contributed by atoms with Crippen LogP contribution in [0.15, 0.2) is 54.3 Å². The predicted molar refractivity (Wildman–Crippen MR) is 95.4 cm³/mol. The van der Waals surface area contributed by atoms with Gasteiger partial charge >= 0.3 is 0 Å². The Morgan fingerprint density at radius 2 is 1.83 bits per heavy atom. The third-order valence-corrected chi connectivity index (χ3v) is 6.76. The van der Waals surface area contributed by atoms with E-state index in [1.54, 1.807) is 27.1 Å². The lowest BCUT2D eigenvalue weighted by Crippen LogP contribution is -2.44. The third kappa shape index (κ3) is 3.67. The van der Waals surface area contributed by atoms with Gasteiger partial charge in [0, 0.05) is 39.3 Å². The molecule has 0 bridgehead atoms. The molecule has 0 aliphatic heterocycles. The maximum Gasteiger partial charge on any atom is 0.223 e. The highest BCUT2D eigenvalue weighted by atomic mass is 32.2. The molecule has 0 fully saturated rings. The number of hydrogen-bond acceptors (Lipinski definition) is 3. The van der Waals surface area contributed by atoms with Crippen molar-refractivity contribution in [3.8, 4) is 0 Å². The molecule has 126 valence electrons. The Hall–Kier alpha value is -1.59. The van der Waals surface area contributed by atoms with Gasteiger partial charge in [-0.25, -0.2) is 12.7 Å². The van der Waals surface area contributed by atoms with Crippen molar-refractivity contribution in [1.82, 2.24) is 9.21 Å². The van der Waals surface area contributed by atoms with Gasteiger partial charge in [0.15, 0.2) is 0 Å². The molecule has 1 aliphatic carbocycles. The Kier molecular flexibility index (Phi) is 5.32. The first-order valence-corrected chi connectivity index (χ1v) is 9.33. The largest absolute Gasteiger partial charge is 0.371 e. The van der Waals surface area contributed by atoms with Gasteiger partial charge in [0.1, 0.15) is 4.75 Å². The second kappa shape index (κ2) is 6.89. The Labute approximate surface area is 140 Å². The molecule has 1 aliphatic rings. The zero-order valence-electron chi connectivity index (χ0n) is 14.4. The third-order valence-electron chi connectivity index (χ3n) is 4.34. The topological polar surface area (TPSA) is 40.6 Å². The van der Waals surface area contributed by atoms with E-state index in [-0.39, 0.29) is 0 Å². The molecule has 1 aromatic carbocycles. The van der Waals surface area contributed by atoms with Gasteiger partial charge in [-0.1, -0.05) is 42.5 Å². The molecule has 1 atom stereocenters. The number of sulfonamides is 1. The van der Waals surface area contributed by atoms with Crippen LogP contribution in [0.2, 0.25) is 0 Å². The minimum atomic E-state index is -3.37. The molecule has 2 rings (SSSR count). The molecule has 1 unspecified atom stereocenters. The van der Waals surface area contributed by atoms with Crippen molar-refractivity contribution < 1.29 is 8.42 Å². The lowest BCUT2D eigenvalue weighted by Gasteiger charge is -2.36. The highest BCUT2D eigenvalue weighted by molar-refractivity contribution is 7.90. The van der Waals surface area contributed by atoms with Crippen molar-refractivity contribution >= 4 is 10.0 Å². The standard InChI is InChI=1S/C18H26N2O2S/c1-5-20(15-16-10-7-6-8-11-16)17-12-9-13-18(2,14-17)23(21,22)19(3)4/h6-13H,5,14-15H2,1-4H3. The van der Waals surface area contributed by atoms with E-state index in [1.807, 2.05) is 30.4 Å². The van der Waals surface area contributed by atoms with Crippen LogP contribution >= 0.6 is 0 Å². The molecule has 0 saturated carbocycles. The molecule has 0 spiro atoms. The normalized spacial score (nSPS) is 21.3. The molecule has 0 saturated heterocycles. The molecule has 23 heavy (non-hydrogen) atoms. The van der Waals surface area contributed by atoms with Crippen molar-refractivity contribution in [2.45, 2.75) is 31.6 Å². The minimum absolute atomic E-state index is 0.491. The fourth-order valence-corrected chi connectivity index (χ4v) is 4.29. The molecule has 0 amide bonds. The van der Waals surface area contributed by atoms with Crippen LogP contribution in [0.1, 0.15) is 25.8 Å². The van der Waals surface area contributed by atoms with Gasteiger partial charge < -0.3 is 4.90 Å². The van der Waals surface area contributed by atoms with Gasteiger partial charge in [-0.15, -0.1) is 0 Å². The van der Waals surface area contributed by atoms with Crippen molar-refractivity contribution in [2.24, 2.45) is 0 Å². The molecule has 0 radical (unpaired) electrons. The van der Waals surface area contributed by atoms with E-state index in [4.69, 9.17) is 0 Å². The molecule has 5 heteroatoms. The minimum Gasteiger partial charge on any atom is -0.371 e. The summed E-state index contributed by atoms with van der Waals surface area (Å²) < 4.78 is 25.7. The molecular formula is C18H26N2O2S. The van der Waals surface area contributed by atoms with E-state index in [9.17, 15) is 8.42 Å². The maximum atomic E-state index is 12.7. The first-order chi connectivity index (χ1) is 10.8. The number of rotatable bonds is 6. The molecular weight excluding hydrogens is 308 g/mol. The van der Waals surface area contributed by atoms with Gasteiger partial charge in [-0.3, -0.25) is 0 Å². The van der Waals surface area contributed by atoms with Crippen molar-refractivity contribution in [3.05, 3.63) is 59.8 Å². The summed E-state index contributed by atoms with van der Waals surface area (Å²) in [7, 11) is -0.185. The lowest BCUT2D eigenvalue weighted by atomic mass is 9.98. The average molecular weight is 334 g/mol. The van der Waals surface area contributed by atoms with Crippen molar-refractivity contribution in [3.63, 3.8) is 0 Å². The molecule has 0 N–H and O–H groups in total. The second-order valence-corrected chi connectivity index (χ2v) is 8.91. The maximum absolute atomic E-state index is 12.7. The van der Waals surface area contributed by atoms with Crippen LogP contribution in [0.3, 0.4) is 0 Å². The van der Waals surface area contributed by atoms with Crippen LogP contribution in [0.4, 0.5) is 0 Å². The summed E-state index contributed by atoms with van der Waals surface area (Å²) in [6.07, 6.45) is 6.18. The number of hydrogen-bond donors (Lipinski definition) is 0. The fourth-order valence-electron chi connectivity index (χ4n) is 2.87. The van der Waals surface area contributed by atoms with Gasteiger partial charge in [0.2, 0.25) is 10.0 Å². The molecule has 0 aromatic heterocycles. The Balaban J connectivity index is 2.23. The highest BCUT2D eigenvalue weighted by Gasteiger charge is 2.41. The quantitative estimate of drug-likeness (QED) is 0.803. The van der Waals surface area contributed by atoms with Gasteiger partial charge in [-0.2, -0.15) is 0 Å². The van der Waals surface area contributed by atoms with Gasteiger partial charge in [0.25, 0.3) is 0 Å². The second-order valence-electron chi connectivity index (χ2n) is 6.29. The van der Waals surface area contributed by atoms with Crippen LogP contribution in [0.25, 0.3) is 0 Å². The lowest BCUT2D eigenvalue weighted by molar-refractivity contribution is 0.331. The van der Waals surface area contributed by atoms with Gasteiger partial charge in [-0.05, 0) is 25.5 Å². The highest BCUT2D eigenvalue weighted by Crippen LogP contribution is 2.33.